The molecule has 15 heteroatoms. The molecule has 4 fully saturated rings. The fourth-order valence-corrected chi connectivity index (χ4v) is 8.90. The Morgan fingerprint density at radius 2 is 1.78 bits per heavy atom. The number of alkyl halides is 1. The summed E-state index contributed by atoms with van der Waals surface area (Å²) >= 11 is 0. The highest BCUT2D eigenvalue weighted by atomic mass is 19.1. The minimum Gasteiger partial charge on any atom is -0.508 e. The summed E-state index contributed by atoms with van der Waals surface area (Å²) in [6, 6.07) is 4.73. The minimum atomic E-state index is -0.866. The second kappa shape index (κ2) is 16.2. The molecule has 2 aromatic carbocycles. The SMILES string of the molecule is C#Cc1c(F)ccc2cc(O)cc(-c3nc(OC)c4c(N5CC(CC)N(C(=O)NCC6(C)COC6)C(CC)C5)nc(OCC5(CN6CCC(F)CC6)CC5)nc4c3F)c12. The zero-order chi connectivity index (χ0) is 41.6. The summed E-state index contributed by atoms with van der Waals surface area (Å²) in [7, 11) is 1.41. The van der Waals surface area contributed by atoms with Crippen LogP contribution in [0.4, 0.5) is 23.8 Å². The number of pyridine rings is 1. The van der Waals surface area contributed by atoms with Gasteiger partial charge in [-0.2, -0.15) is 9.97 Å². The number of hydrogen-bond acceptors (Lipinski definition) is 10. The first-order chi connectivity index (χ1) is 28.4. The highest BCUT2D eigenvalue weighted by Gasteiger charge is 2.46. The van der Waals surface area contributed by atoms with Crippen LogP contribution in [0.5, 0.6) is 17.6 Å². The Hall–Kier alpha value is -5.07. The second-order valence-electron chi connectivity index (χ2n) is 17.1. The van der Waals surface area contributed by atoms with E-state index in [2.05, 4.69) is 33.0 Å². The van der Waals surface area contributed by atoms with E-state index in [9.17, 15) is 14.3 Å². The van der Waals surface area contributed by atoms with Gasteiger partial charge in [0.05, 0.1) is 44.6 Å². The molecular formula is C44H52F3N7O5. The van der Waals surface area contributed by atoms with Crippen LogP contribution in [-0.2, 0) is 4.74 Å². The Kier molecular flexibility index (Phi) is 11.2. The predicted molar refractivity (Wildman–Crippen MR) is 219 cm³/mol. The van der Waals surface area contributed by atoms with Crippen molar-refractivity contribution in [2.75, 3.05) is 71.1 Å². The number of nitrogens with zero attached hydrogens (tertiary/aromatic N) is 6. The molecular weight excluding hydrogens is 764 g/mol. The van der Waals surface area contributed by atoms with E-state index in [-0.39, 0.29) is 86.3 Å². The normalized spacial score (nSPS) is 21.6. The van der Waals surface area contributed by atoms with Crippen molar-refractivity contribution in [3.05, 3.63) is 41.5 Å². The minimum absolute atomic E-state index is 0.000244. The number of carbonyl (C=O) groups is 1. The molecule has 4 aliphatic rings. The van der Waals surface area contributed by atoms with Gasteiger partial charge >= 0.3 is 12.0 Å². The van der Waals surface area contributed by atoms with Gasteiger partial charge in [-0.05, 0) is 62.1 Å². The van der Waals surface area contributed by atoms with Crippen molar-refractivity contribution in [2.45, 2.75) is 77.6 Å². The van der Waals surface area contributed by atoms with E-state index in [0.717, 1.165) is 19.4 Å². The largest absolute Gasteiger partial charge is 0.508 e. The maximum absolute atomic E-state index is 17.5. The van der Waals surface area contributed by atoms with Gasteiger partial charge in [-0.15, -0.1) is 6.42 Å². The van der Waals surface area contributed by atoms with Crippen LogP contribution < -0.4 is 19.7 Å². The average molecular weight is 816 g/mol. The quantitative estimate of drug-likeness (QED) is 0.147. The third-order valence-corrected chi connectivity index (χ3v) is 12.6. The van der Waals surface area contributed by atoms with E-state index in [1.165, 1.54) is 31.4 Å². The first kappa shape index (κ1) is 40.7. The van der Waals surface area contributed by atoms with Gasteiger partial charge in [0.1, 0.15) is 40.2 Å². The predicted octanol–water partition coefficient (Wildman–Crippen LogP) is 6.84. The number of phenolic OH excluding ortho intramolecular Hbond substituents is 1. The number of piperazine rings is 1. The van der Waals surface area contributed by atoms with Crippen LogP contribution in [0.1, 0.15) is 64.9 Å². The Bertz CT molecular complexity index is 2280. The van der Waals surface area contributed by atoms with Gasteiger partial charge in [0.2, 0.25) is 5.88 Å². The highest BCUT2D eigenvalue weighted by Crippen LogP contribution is 2.48. The molecule has 59 heavy (non-hydrogen) atoms. The number of carbonyl (C=O) groups excluding carboxylic acids is 1. The third kappa shape index (κ3) is 7.89. The maximum Gasteiger partial charge on any atom is 0.319 e. The Morgan fingerprint density at radius 1 is 1.07 bits per heavy atom. The average Bonchev–Trinajstić information content (AvgIpc) is 4.00. The molecule has 4 aromatic rings. The van der Waals surface area contributed by atoms with Gasteiger partial charge in [-0.25, -0.2) is 22.9 Å². The number of piperidine rings is 1. The summed E-state index contributed by atoms with van der Waals surface area (Å²) in [5.74, 6) is 0.970. The number of fused-ring (bicyclic) bond motifs is 2. The second-order valence-corrected chi connectivity index (χ2v) is 17.1. The summed E-state index contributed by atoms with van der Waals surface area (Å²) < 4.78 is 64.3. The van der Waals surface area contributed by atoms with E-state index in [4.69, 9.17) is 25.6 Å². The van der Waals surface area contributed by atoms with Crippen LogP contribution in [0.25, 0.3) is 32.9 Å². The fourth-order valence-electron chi connectivity index (χ4n) is 8.90. The number of benzene rings is 2. The molecule has 2 atom stereocenters. The van der Waals surface area contributed by atoms with Crippen molar-refractivity contribution in [2.24, 2.45) is 10.8 Å². The zero-order valence-electron chi connectivity index (χ0n) is 34.1. The Morgan fingerprint density at radius 3 is 2.39 bits per heavy atom. The van der Waals surface area contributed by atoms with Crippen LogP contribution in [0, 0.1) is 34.8 Å². The molecule has 3 aliphatic heterocycles. The van der Waals surface area contributed by atoms with E-state index in [1.54, 1.807) is 0 Å². The number of halogens is 3. The molecule has 5 heterocycles. The lowest BCUT2D eigenvalue weighted by Gasteiger charge is -2.47. The number of aromatic hydroxyl groups is 1. The number of amides is 2. The number of phenols is 1. The summed E-state index contributed by atoms with van der Waals surface area (Å²) in [6.45, 7) is 11.0. The van der Waals surface area contributed by atoms with Gasteiger partial charge in [0.25, 0.3) is 0 Å². The molecule has 12 nitrogen and oxygen atoms in total. The molecule has 2 N–H and O–H groups in total. The van der Waals surface area contributed by atoms with Crippen molar-refractivity contribution in [3.8, 4) is 41.2 Å². The molecule has 0 bridgehead atoms. The van der Waals surface area contributed by atoms with Crippen LogP contribution >= 0.6 is 0 Å². The number of anilines is 1. The lowest BCUT2D eigenvalue weighted by Crippen LogP contribution is -2.63. The van der Waals surface area contributed by atoms with Gasteiger partial charge in [-0.1, -0.05) is 32.8 Å². The van der Waals surface area contributed by atoms with Gasteiger partial charge in [0, 0.05) is 61.0 Å². The van der Waals surface area contributed by atoms with Gasteiger partial charge in [-0.3, -0.25) is 0 Å². The summed E-state index contributed by atoms with van der Waals surface area (Å²) in [4.78, 5) is 34.3. The molecule has 8 rings (SSSR count). The van der Waals surface area contributed by atoms with Crippen molar-refractivity contribution in [3.63, 3.8) is 0 Å². The first-order valence-electron chi connectivity index (χ1n) is 20.6. The van der Waals surface area contributed by atoms with Gasteiger partial charge < -0.3 is 39.3 Å². The number of terminal acetylenes is 1. The molecule has 0 radical (unpaired) electrons. The first-order valence-corrected chi connectivity index (χ1v) is 20.6. The molecule has 2 amide bonds. The molecule has 314 valence electrons. The van der Waals surface area contributed by atoms with E-state index in [1.807, 2.05) is 23.6 Å². The number of urea groups is 1. The number of aromatic nitrogens is 3. The number of methoxy groups -OCH3 is 1. The highest BCUT2D eigenvalue weighted by molar-refractivity contribution is 6.04. The van der Waals surface area contributed by atoms with Gasteiger partial charge in [0.15, 0.2) is 5.82 Å². The summed E-state index contributed by atoms with van der Waals surface area (Å²) in [6.07, 6.45) is 9.15. The van der Waals surface area contributed by atoms with Crippen molar-refractivity contribution in [1.29, 1.82) is 0 Å². The number of rotatable bonds is 12. The topological polar surface area (TPSA) is 125 Å². The fraction of sp³-hybridized carbons (Fsp3) is 0.545. The van der Waals surface area contributed by atoms with E-state index in [0.29, 0.717) is 82.8 Å². The number of likely N-dealkylation sites (tertiary alicyclic amines) is 1. The van der Waals surface area contributed by atoms with Crippen molar-refractivity contribution in [1.82, 2.24) is 30.1 Å². The molecule has 0 spiro atoms. The molecule has 2 unspecified atom stereocenters. The maximum atomic E-state index is 17.5. The number of hydrogen-bond donors (Lipinski definition) is 2. The zero-order valence-corrected chi connectivity index (χ0v) is 34.1. The van der Waals surface area contributed by atoms with Crippen molar-refractivity contribution >= 4 is 33.5 Å². The number of ether oxygens (including phenoxy) is 3. The molecule has 1 saturated carbocycles. The lowest BCUT2D eigenvalue weighted by atomic mass is 9.89. The summed E-state index contributed by atoms with van der Waals surface area (Å²) in [5.41, 5.74) is -0.721. The third-order valence-electron chi connectivity index (χ3n) is 12.6. The van der Waals surface area contributed by atoms with E-state index >= 15 is 8.78 Å². The monoisotopic (exact) mass is 815 g/mol. The van der Waals surface area contributed by atoms with Crippen LogP contribution in [0.3, 0.4) is 0 Å². The molecule has 2 aromatic heterocycles. The molecule has 3 saturated heterocycles. The van der Waals surface area contributed by atoms with Crippen molar-refractivity contribution < 1.29 is 37.3 Å². The molecule has 1 aliphatic carbocycles. The van der Waals surface area contributed by atoms with Crippen LogP contribution in [0.2, 0.25) is 0 Å². The Labute approximate surface area is 342 Å². The number of nitrogens with one attached hydrogen (secondary N) is 1. The van der Waals surface area contributed by atoms with Crippen LogP contribution in [0.15, 0.2) is 24.3 Å². The Balaban J connectivity index is 1.22. The standard InChI is InChI=1S/C44H52F3N7O5/c1-6-28-19-53(20-29(7-2)54(28)42(56)48-21-43(4)23-58-24-43)39-35-38(50-41(51-39)59-25-44(13-14-44)22-52-15-11-27(45)12-16-52)36(47)37(49-40(35)57-5)32-18-30(55)17-26-9-10-33(46)31(8-3)34(26)32/h3,9-10,17-18,27-29,55H,6-7,11-16,19-25H2,1-2,4-5H3,(H,48,56). The van der Waals surface area contributed by atoms with Crippen LogP contribution in [-0.4, -0.2) is 120 Å². The lowest BCUT2D eigenvalue weighted by molar-refractivity contribution is -0.0980. The van der Waals surface area contributed by atoms with E-state index < -0.39 is 17.8 Å². The smallest absolute Gasteiger partial charge is 0.319 e. The summed E-state index contributed by atoms with van der Waals surface area (Å²) in [5, 5.41) is 14.7.